The van der Waals surface area contributed by atoms with Crippen molar-refractivity contribution in [1.29, 1.82) is 0 Å². The van der Waals surface area contributed by atoms with Gasteiger partial charge in [-0.25, -0.2) is 19.8 Å². The summed E-state index contributed by atoms with van der Waals surface area (Å²) in [6.07, 6.45) is -0.167. The molecule has 4 aromatic rings. The van der Waals surface area contributed by atoms with E-state index in [1.165, 1.54) is 27.7 Å². The second-order valence-electron chi connectivity index (χ2n) is 16.2. The summed E-state index contributed by atoms with van der Waals surface area (Å²) in [4.78, 5) is 42.5. The number of rotatable bonds is 4. The first-order valence-corrected chi connectivity index (χ1v) is 23.8. The minimum atomic E-state index is -0.879. The van der Waals surface area contributed by atoms with E-state index < -0.39 is 5.97 Å². The van der Waals surface area contributed by atoms with Gasteiger partial charge in [0.05, 0.1) is 22.2 Å². The van der Waals surface area contributed by atoms with Crippen LogP contribution in [0.15, 0.2) is 136 Å². The maximum absolute atomic E-state index is 10.2. The predicted molar refractivity (Wildman–Crippen MR) is 306 cm³/mol. The van der Waals surface area contributed by atoms with E-state index in [2.05, 4.69) is 56.5 Å². The van der Waals surface area contributed by atoms with Gasteiger partial charge in [0.25, 0.3) is 0 Å². The minimum Gasteiger partial charge on any atom is -0.478 e. The van der Waals surface area contributed by atoms with Crippen molar-refractivity contribution in [2.75, 3.05) is 19.8 Å². The maximum atomic E-state index is 10.2. The van der Waals surface area contributed by atoms with Crippen molar-refractivity contribution in [3.8, 4) is 0 Å². The van der Waals surface area contributed by atoms with Gasteiger partial charge < -0.3 is 48.9 Å². The molecule has 12 heteroatoms. The average molecular weight is 999 g/mol. The maximum Gasteiger partial charge on any atom is 2.00 e. The van der Waals surface area contributed by atoms with E-state index >= 15 is 0 Å². The third kappa shape index (κ3) is 44.5. The van der Waals surface area contributed by atoms with E-state index in [1.807, 2.05) is 146 Å². The molecule has 0 saturated heterocycles. The molecule has 4 aromatic carbocycles. The molecule has 0 fully saturated rings. The van der Waals surface area contributed by atoms with Gasteiger partial charge in [0, 0.05) is 22.8 Å². The Balaban J connectivity index is -0.000000136. The van der Waals surface area contributed by atoms with Gasteiger partial charge in [-0.15, -0.1) is 0 Å². The second kappa shape index (κ2) is 47.2. The van der Waals surface area contributed by atoms with Crippen LogP contribution < -0.4 is 0 Å². The number of ketones is 2. The van der Waals surface area contributed by atoms with Crippen LogP contribution in [0.2, 0.25) is 0 Å². The van der Waals surface area contributed by atoms with Crippen LogP contribution in [-0.2, 0) is 23.8 Å². The van der Waals surface area contributed by atoms with Gasteiger partial charge in [0.2, 0.25) is 17.7 Å². The first kappa shape index (κ1) is 79.9. The van der Waals surface area contributed by atoms with E-state index in [-0.39, 0.29) is 72.2 Å². The Morgan fingerprint density at radius 1 is 0.451 bits per heavy atom. The normalized spacial score (nSPS) is 13.4. The zero-order chi connectivity index (χ0) is 53.4. The molecular weight excluding hydrogens is 903 g/mol. The molecule has 0 atom stereocenters. The molecule has 0 bridgehead atoms. The molecule has 0 amide bonds. The molecule has 0 radical (unpaired) electrons. The van der Waals surface area contributed by atoms with Crippen LogP contribution >= 0.6 is 0 Å². The molecule has 11 nitrogen and oxygen atoms in total. The van der Waals surface area contributed by atoms with Crippen molar-refractivity contribution in [3.05, 3.63) is 158 Å². The molecule has 396 valence electrons. The number of aliphatic hydroxyl groups excluding tert-OH is 1. The van der Waals surface area contributed by atoms with Crippen molar-refractivity contribution in [3.63, 3.8) is 0 Å². The first-order valence-electron chi connectivity index (χ1n) is 23.8. The van der Waals surface area contributed by atoms with E-state index in [0.29, 0.717) is 25.4 Å². The number of carboxylic acid groups (broad SMARTS) is 1. The number of carboxylic acids is 1. The number of hydrogen-bond acceptors (Lipinski definition) is 10. The van der Waals surface area contributed by atoms with Crippen molar-refractivity contribution < 1.29 is 38.8 Å². The van der Waals surface area contributed by atoms with Gasteiger partial charge in [0.1, 0.15) is 31.4 Å². The fourth-order valence-electron chi connectivity index (χ4n) is 4.52. The molecule has 0 aliphatic carbocycles. The van der Waals surface area contributed by atoms with Gasteiger partial charge in [0.15, 0.2) is 0 Å². The summed E-state index contributed by atoms with van der Waals surface area (Å²) in [6.45, 7) is 40.0. The summed E-state index contributed by atoms with van der Waals surface area (Å²) in [6, 6.07) is 38.3. The molecule has 71 heavy (non-hydrogen) atoms. The van der Waals surface area contributed by atoms with Crippen LogP contribution in [0, 0.1) is 14.9 Å². The number of aliphatic imine (C=N–C) groups is 3. The Morgan fingerprint density at radius 2 is 0.620 bits per heavy atom. The van der Waals surface area contributed by atoms with Crippen LogP contribution in [0.3, 0.4) is 0 Å². The summed E-state index contributed by atoms with van der Waals surface area (Å²) in [5.41, 5.74) is 3.33. The second-order valence-corrected chi connectivity index (χ2v) is 16.2. The third-order valence-corrected chi connectivity index (χ3v) is 6.98. The molecule has 0 unspecified atom stereocenters. The van der Waals surface area contributed by atoms with Crippen LogP contribution in [-0.4, -0.2) is 111 Å². The summed E-state index contributed by atoms with van der Waals surface area (Å²) in [5, 5.41) is 16.4. The smallest absolute Gasteiger partial charge is 0.478 e. The summed E-state index contributed by atoms with van der Waals surface area (Å²) in [7, 11) is 0. The Kier molecular flexibility index (Phi) is 53.1. The Morgan fingerprint density at radius 3 is 0.746 bits per heavy atom. The Hall–Kier alpha value is -5.17. The fourth-order valence-corrected chi connectivity index (χ4v) is 4.52. The number of Topliss-reactive ketones (excluding diaryl/α,β-unsaturated/α-hetero) is 2. The zero-order valence-corrected chi connectivity index (χ0v) is 49.6. The topological polar surface area (TPSA) is 156 Å². The number of ether oxygens (including phenoxy) is 3. The third-order valence-electron chi connectivity index (χ3n) is 6.98. The molecule has 2 N–H and O–H groups in total. The molecule has 3 heterocycles. The number of benzene rings is 4. The Bertz CT molecular complexity index is 1780. The van der Waals surface area contributed by atoms with E-state index in [4.69, 9.17) is 24.4 Å². The number of aromatic carboxylic acids is 1. The van der Waals surface area contributed by atoms with Gasteiger partial charge in [-0.2, -0.15) is 0 Å². The molecular formula is C59H95MgN3O8. The van der Waals surface area contributed by atoms with Crippen molar-refractivity contribution in [1.82, 2.24) is 0 Å². The van der Waals surface area contributed by atoms with E-state index in [9.17, 15) is 14.4 Å². The van der Waals surface area contributed by atoms with Crippen LogP contribution in [0.1, 0.15) is 166 Å². The van der Waals surface area contributed by atoms with Gasteiger partial charge in [-0.05, 0) is 132 Å². The van der Waals surface area contributed by atoms with Crippen molar-refractivity contribution in [2.45, 2.75) is 161 Å². The summed E-state index contributed by atoms with van der Waals surface area (Å²) >= 11 is 0. The van der Waals surface area contributed by atoms with Gasteiger partial charge in [-0.3, -0.25) is 0 Å². The molecule has 0 aromatic heterocycles. The van der Waals surface area contributed by atoms with Crippen LogP contribution in [0.25, 0.3) is 0 Å². The molecule has 3 aliphatic heterocycles. The molecule has 3 aliphatic rings. The monoisotopic (exact) mass is 998 g/mol. The van der Waals surface area contributed by atoms with Crippen LogP contribution in [0.5, 0.6) is 0 Å². The standard InChI is InChI=1S/3C11H13NO.C7H6O2.C3H8O.2C3H6O.4C2H6.2CH3.Mg/c3*1-11(2)8-13-10(12-11)9-6-4-3-5-7-9;8-7(9)6-4-2-1-3-5-6;3*1-3(2)4;4*1-2;;;/h3*3-7H,8H2,1-2H3;1-5H,(H,8,9);3-4H,1-2H3;2*1-2H3;4*1-2H3;2*1H3;/q;;;;;;;;;;;2*-1;+2. The quantitative estimate of drug-likeness (QED) is 0.151. The SMILES string of the molecule is CC.CC.CC.CC.CC(C)=O.CC(C)=O.CC(C)O.CC1(C)COC(c2ccccc2)=N1.CC1(C)COC(c2ccccc2)=N1.CC1(C)COC(c2ccccc2)=N1.O=C(O)c1ccccc1.[CH3-].[CH3-].[Mg+2]. The number of carbonyl (C=O) groups is 3. The summed E-state index contributed by atoms with van der Waals surface area (Å²) < 4.78 is 16.5. The number of hydrogen-bond donors (Lipinski definition) is 2. The minimum absolute atomic E-state index is 0. The Labute approximate surface area is 449 Å². The number of carbonyl (C=O) groups excluding carboxylic acids is 2. The predicted octanol–water partition coefficient (Wildman–Crippen LogP) is 14.3. The first-order chi connectivity index (χ1) is 32.0. The largest absolute Gasteiger partial charge is 2.00 e. The number of aliphatic hydroxyl groups is 1. The zero-order valence-electron chi connectivity index (χ0n) is 48.1. The van der Waals surface area contributed by atoms with E-state index in [1.54, 1.807) is 44.2 Å². The molecule has 0 saturated carbocycles. The van der Waals surface area contributed by atoms with Gasteiger partial charge in [-0.1, -0.05) is 128 Å². The van der Waals surface area contributed by atoms with E-state index in [0.717, 1.165) is 34.4 Å². The average Bonchev–Trinajstić information content (AvgIpc) is 4.01. The molecule has 0 spiro atoms. The summed E-state index contributed by atoms with van der Waals surface area (Å²) in [5.74, 6) is 1.76. The van der Waals surface area contributed by atoms with Crippen molar-refractivity contribution >= 4 is 58.3 Å². The van der Waals surface area contributed by atoms with Gasteiger partial charge >= 0.3 is 29.0 Å². The van der Waals surface area contributed by atoms with Crippen molar-refractivity contribution in [2.24, 2.45) is 15.0 Å². The molecule has 7 rings (SSSR count). The number of nitrogens with zero attached hydrogens (tertiary/aromatic N) is 3. The van der Waals surface area contributed by atoms with Crippen LogP contribution in [0.4, 0.5) is 0 Å². The fraction of sp³-hybridized carbons (Fsp3) is 0.458.